The molecule has 9 heteroatoms. The summed E-state index contributed by atoms with van der Waals surface area (Å²) in [6.07, 6.45) is 7.42. The number of anilines is 1. The molecule has 1 saturated carbocycles. The van der Waals surface area contributed by atoms with Crippen LogP contribution >= 0.6 is 34.8 Å². The Hall–Kier alpha value is -2.38. The molecule has 1 N–H and O–H groups in total. The summed E-state index contributed by atoms with van der Waals surface area (Å²) < 4.78 is 5.30. The van der Waals surface area contributed by atoms with Gasteiger partial charge in [-0.05, 0) is 67.9 Å². The van der Waals surface area contributed by atoms with Crippen LogP contribution < -0.4 is 15.0 Å². The van der Waals surface area contributed by atoms with Gasteiger partial charge in [0.2, 0.25) is 5.78 Å². The van der Waals surface area contributed by atoms with E-state index in [9.17, 15) is 4.79 Å². The molecule has 1 spiro atoms. The van der Waals surface area contributed by atoms with Crippen molar-refractivity contribution in [3.05, 3.63) is 80.7 Å². The molecule has 38 heavy (non-hydrogen) atoms. The van der Waals surface area contributed by atoms with Gasteiger partial charge in [0, 0.05) is 30.7 Å². The summed E-state index contributed by atoms with van der Waals surface area (Å²) in [6.45, 7) is 3.97. The van der Waals surface area contributed by atoms with Crippen molar-refractivity contribution < 1.29 is 9.53 Å². The largest absolute Gasteiger partial charge is 0.497 e. The van der Waals surface area contributed by atoms with Crippen LogP contribution in [0.15, 0.2) is 48.7 Å². The minimum atomic E-state index is -0.398. The van der Waals surface area contributed by atoms with Crippen molar-refractivity contribution in [2.45, 2.75) is 51.1 Å². The molecular formula is C29H31Cl3N4O2. The van der Waals surface area contributed by atoms with Crippen LogP contribution in [-0.2, 0) is 0 Å². The zero-order valence-corrected chi connectivity index (χ0v) is 23.8. The molecule has 0 bridgehead atoms. The van der Waals surface area contributed by atoms with Crippen LogP contribution in [0.5, 0.6) is 5.75 Å². The number of aromatic nitrogens is 2. The van der Waals surface area contributed by atoms with E-state index in [0.29, 0.717) is 16.9 Å². The van der Waals surface area contributed by atoms with Crippen LogP contribution in [0.25, 0.3) is 0 Å². The molecule has 1 aliphatic carbocycles. The van der Waals surface area contributed by atoms with Gasteiger partial charge < -0.3 is 15.0 Å². The van der Waals surface area contributed by atoms with Gasteiger partial charge >= 0.3 is 0 Å². The van der Waals surface area contributed by atoms with E-state index in [-0.39, 0.29) is 32.9 Å². The average molecular weight is 574 g/mol. The fraction of sp³-hybridized carbons (Fsp3) is 0.414. The topological polar surface area (TPSA) is 67.3 Å². The molecule has 5 rings (SSSR count). The van der Waals surface area contributed by atoms with Crippen molar-refractivity contribution in [2.24, 2.45) is 5.41 Å². The first kappa shape index (κ1) is 27.2. The minimum absolute atomic E-state index is 0.0672. The Balaban J connectivity index is 1.24. The normalized spacial score (nSPS) is 19.5. The van der Waals surface area contributed by atoms with Crippen LogP contribution in [0.1, 0.15) is 66.7 Å². The molecule has 0 amide bonds. The lowest BCUT2D eigenvalue weighted by Gasteiger charge is -2.44. The molecule has 2 aliphatic rings. The molecule has 2 fully saturated rings. The molecule has 1 aliphatic heterocycles. The molecular weight excluding hydrogens is 543 g/mol. The first-order chi connectivity index (χ1) is 18.3. The van der Waals surface area contributed by atoms with Crippen molar-refractivity contribution >= 4 is 46.4 Å². The number of nitrogens with zero attached hydrogens (tertiary/aromatic N) is 3. The zero-order valence-electron chi connectivity index (χ0n) is 21.5. The van der Waals surface area contributed by atoms with E-state index >= 15 is 0 Å². The maximum atomic E-state index is 13.0. The van der Waals surface area contributed by atoms with Gasteiger partial charge in [0.1, 0.15) is 17.3 Å². The van der Waals surface area contributed by atoms with Gasteiger partial charge in [-0.15, -0.1) is 0 Å². The predicted molar refractivity (Wildman–Crippen MR) is 153 cm³/mol. The Morgan fingerprint density at radius 3 is 2.53 bits per heavy atom. The number of methoxy groups -OCH3 is 1. The summed E-state index contributed by atoms with van der Waals surface area (Å²) in [5.41, 5.74) is 1.87. The number of rotatable bonds is 7. The zero-order chi connectivity index (χ0) is 26.9. The number of hydrogen-bond donors (Lipinski definition) is 1. The van der Waals surface area contributed by atoms with Gasteiger partial charge in [-0.1, -0.05) is 59.4 Å². The summed E-state index contributed by atoms with van der Waals surface area (Å²) in [7, 11) is 1.69. The number of halogens is 3. The number of hydrogen-bond acceptors (Lipinski definition) is 6. The second-order valence-corrected chi connectivity index (χ2v) is 11.4. The first-order valence-corrected chi connectivity index (χ1v) is 14.1. The van der Waals surface area contributed by atoms with E-state index in [1.807, 2.05) is 12.1 Å². The van der Waals surface area contributed by atoms with E-state index in [2.05, 4.69) is 39.2 Å². The highest BCUT2D eigenvalue weighted by Gasteiger charge is 2.45. The van der Waals surface area contributed by atoms with Gasteiger partial charge in [0.25, 0.3) is 0 Å². The quantitative estimate of drug-likeness (QED) is 0.302. The van der Waals surface area contributed by atoms with E-state index < -0.39 is 5.78 Å². The third-order valence-corrected chi connectivity index (χ3v) is 9.27. The van der Waals surface area contributed by atoms with Gasteiger partial charge in [-0.25, -0.2) is 9.97 Å². The number of nitrogens with one attached hydrogen (secondary N) is 1. The third-order valence-electron chi connectivity index (χ3n) is 8.19. The van der Waals surface area contributed by atoms with Crippen molar-refractivity contribution in [3.63, 3.8) is 0 Å². The van der Waals surface area contributed by atoms with Crippen molar-refractivity contribution in [1.29, 1.82) is 0 Å². The summed E-state index contributed by atoms with van der Waals surface area (Å²) >= 11 is 18.8. The van der Waals surface area contributed by atoms with Crippen LogP contribution in [0, 0.1) is 5.41 Å². The Morgan fingerprint density at radius 1 is 1.11 bits per heavy atom. The fourth-order valence-electron chi connectivity index (χ4n) is 5.94. The van der Waals surface area contributed by atoms with Gasteiger partial charge in [0.05, 0.1) is 23.4 Å². The SMILES string of the molecule is COc1ccc(C(C)N[C@@H]2CCCC23CCN(c2cnc(C(=O)c4cccc(Cl)c4Cl)c(Cl)n2)CC3)cc1. The molecule has 6 nitrogen and oxygen atoms in total. The lowest BCUT2D eigenvalue weighted by Crippen LogP contribution is -2.49. The number of benzene rings is 2. The lowest BCUT2D eigenvalue weighted by molar-refractivity contribution is 0.103. The second kappa shape index (κ2) is 11.4. The summed E-state index contributed by atoms with van der Waals surface area (Å²) in [4.78, 5) is 24.1. The summed E-state index contributed by atoms with van der Waals surface area (Å²) in [6, 6.07) is 14.0. The molecule has 0 radical (unpaired) electrons. The number of ether oxygens (including phenoxy) is 1. The molecule has 2 heterocycles. The molecule has 2 atom stereocenters. The molecule has 3 aromatic rings. The summed E-state index contributed by atoms with van der Waals surface area (Å²) in [5, 5.41) is 4.49. The van der Waals surface area contributed by atoms with Crippen molar-refractivity contribution in [3.8, 4) is 5.75 Å². The number of ketones is 1. The molecule has 1 saturated heterocycles. The summed E-state index contributed by atoms with van der Waals surface area (Å²) in [5.74, 6) is 1.16. The van der Waals surface area contributed by atoms with Gasteiger partial charge in [0.15, 0.2) is 5.15 Å². The van der Waals surface area contributed by atoms with Crippen molar-refractivity contribution in [1.82, 2.24) is 15.3 Å². The molecule has 1 unspecified atom stereocenters. The van der Waals surface area contributed by atoms with Crippen molar-refractivity contribution in [2.75, 3.05) is 25.1 Å². The number of carbonyl (C=O) groups excluding carboxylic acids is 1. The van der Waals surface area contributed by atoms with Gasteiger partial charge in [-0.3, -0.25) is 4.79 Å². The van der Waals surface area contributed by atoms with Gasteiger partial charge in [-0.2, -0.15) is 0 Å². The third kappa shape index (κ3) is 5.37. The minimum Gasteiger partial charge on any atom is -0.497 e. The monoisotopic (exact) mass is 572 g/mol. The van der Waals surface area contributed by atoms with Crippen LogP contribution in [-0.4, -0.2) is 42.0 Å². The highest BCUT2D eigenvalue weighted by Crippen LogP contribution is 2.47. The first-order valence-electron chi connectivity index (χ1n) is 13.0. The predicted octanol–water partition coefficient (Wildman–Crippen LogP) is 7.17. The van der Waals surface area contributed by atoms with Crippen LogP contribution in [0.4, 0.5) is 5.82 Å². The Bertz CT molecular complexity index is 1310. The lowest BCUT2D eigenvalue weighted by atomic mass is 9.73. The number of piperidine rings is 1. The fourth-order valence-corrected chi connectivity index (χ4v) is 6.55. The molecule has 2 aromatic carbocycles. The maximum Gasteiger partial charge on any atom is 0.216 e. The van der Waals surface area contributed by atoms with E-state index in [0.717, 1.165) is 31.7 Å². The number of carbonyl (C=O) groups is 1. The smallest absolute Gasteiger partial charge is 0.216 e. The van der Waals surface area contributed by atoms with E-state index in [1.165, 1.54) is 24.8 Å². The Morgan fingerprint density at radius 2 is 1.84 bits per heavy atom. The molecule has 1 aromatic heterocycles. The maximum absolute atomic E-state index is 13.0. The Kier molecular flexibility index (Phi) is 8.15. The average Bonchev–Trinajstić information content (AvgIpc) is 3.31. The van der Waals surface area contributed by atoms with Crippen LogP contribution in [0.2, 0.25) is 15.2 Å². The van der Waals surface area contributed by atoms with E-state index in [1.54, 1.807) is 31.5 Å². The molecule has 200 valence electrons. The second-order valence-electron chi connectivity index (χ2n) is 10.3. The highest BCUT2D eigenvalue weighted by molar-refractivity contribution is 6.44. The standard InChI is InChI=1S/C29H31Cl3N4O2/c1-18(19-8-10-20(38-2)11-9-19)34-23-7-4-12-29(23)13-15-36(16-14-29)24-17-33-26(28(32)35-24)27(37)21-5-3-6-22(30)25(21)31/h3,5-6,8-11,17-18,23,34H,4,7,12-16H2,1-2H3/t18?,23-/m1/s1. The Labute approximate surface area is 238 Å². The van der Waals surface area contributed by atoms with Crippen LogP contribution in [0.3, 0.4) is 0 Å². The van der Waals surface area contributed by atoms with E-state index in [4.69, 9.17) is 39.5 Å². The highest BCUT2D eigenvalue weighted by atomic mass is 35.5.